The Hall–Kier alpha value is -1.04. The highest BCUT2D eigenvalue weighted by Gasteiger charge is 2.31. The predicted molar refractivity (Wildman–Crippen MR) is 69.1 cm³/mol. The Morgan fingerprint density at radius 3 is 2.88 bits per heavy atom. The molecule has 2 atom stereocenters. The van der Waals surface area contributed by atoms with Crippen molar-refractivity contribution in [2.45, 2.75) is 10.9 Å². The van der Waals surface area contributed by atoms with Crippen molar-refractivity contribution >= 4 is 23.4 Å². The molecule has 1 aliphatic heterocycles. The van der Waals surface area contributed by atoms with E-state index in [1.165, 1.54) is 0 Å². The Morgan fingerprint density at radius 1 is 1.47 bits per heavy atom. The molecule has 3 N–H and O–H groups in total. The number of amides is 1. The first kappa shape index (κ1) is 12.4. The van der Waals surface area contributed by atoms with Crippen molar-refractivity contribution in [3.63, 3.8) is 0 Å². The zero-order valence-electron chi connectivity index (χ0n) is 9.68. The van der Waals surface area contributed by atoms with Crippen LogP contribution in [0.15, 0.2) is 29.2 Å². The summed E-state index contributed by atoms with van der Waals surface area (Å²) in [7, 11) is 0. The summed E-state index contributed by atoms with van der Waals surface area (Å²) in [6.45, 7) is 0.872. The molecule has 4 nitrogen and oxygen atoms in total. The number of hydrogen-bond acceptors (Lipinski definition) is 4. The van der Waals surface area contributed by atoms with Gasteiger partial charge in [-0.05, 0) is 18.4 Å². The highest BCUT2D eigenvalue weighted by atomic mass is 32.2. The molecular weight excluding hydrogens is 236 g/mol. The minimum Gasteiger partial charge on any atom is -0.379 e. The van der Waals surface area contributed by atoms with Crippen LogP contribution in [0.4, 0.5) is 5.69 Å². The Kier molecular flexibility index (Phi) is 4.04. The maximum absolute atomic E-state index is 12.0. The molecule has 5 heteroatoms. The number of carbonyl (C=O) groups is 1. The molecule has 1 aliphatic rings. The van der Waals surface area contributed by atoms with E-state index in [1.54, 1.807) is 11.8 Å². The molecule has 0 radical (unpaired) electrons. The number of benzene rings is 1. The van der Waals surface area contributed by atoms with E-state index in [2.05, 4.69) is 5.32 Å². The molecule has 1 fully saturated rings. The van der Waals surface area contributed by atoms with E-state index >= 15 is 0 Å². The fourth-order valence-corrected chi connectivity index (χ4v) is 2.37. The summed E-state index contributed by atoms with van der Waals surface area (Å²) in [5, 5.41) is 2.91. The second-order valence-corrected chi connectivity index (χ2v) is 4.85. The van der Waals surface area contributed by atoms with Crippen molar-refractivity contribution in [3.05, 3.63) is 24.3 Å². The third-order valence-electron chi connectivity index (χ3n) is 2.83. The number of carbonyl (C=O) groups excluding carboxylic acids is 1. The van der Waals surface area contributed by atoms with Gasteiger partial charge < -0.3 is 15.8 Å². The lowest BCUT2D eigenvalue weighted by Crippen LogP contribution is -2.37. The minimum atomic E-state index is -0.245. The molecule has 0 aliphatic carbocycles. The lowest BCUT2D eigenvalue weighted by molar-refractivity contribution is -0.120. The number of nitrogens with two attached hydrogens (primary N) is 1. The summed E-state index contributed by atoms with van der Waals surface area (Å²) in [6, 6.07) is 7.53. The smallest absolute Gasteiger partial charge is 0.231 e. The largest absolute Gasteiger partial charge is 0.379 e. The highest BCUT2D eigenvalue weighted by molar-refractivity contribution is 7.98. The first-order chi connectivity index (χ1) is 8.22. The van der Waals surface area contributed by atoms with Crippen molar-refractivity contribution in [3.8, 4) is 0 Å². The molecule has 0 bridgehead atoms. The summed E-state index contributed by atoms with van der Waals surface area (Å²) in [6.07, 6.45) is 1.98. The summed E-state index contributed by atoms with van der Waals surface area (Å²) in [4.78, 5) is 13.1. The Bertz CT molecular complexity index is 411. The van der Waals surface area contributed by atoms with E-state index in [-0.39, 0.29) is 17.9 Å². The van der Waals surface area contributed by atoms with Crippen molar-refractivity contribution in [2.24, 2.45) is 11.7 Å². The Labute approximate surface area is 105 Å². The quantitative estimate of drug-likeness (QED) is 0.796. The van der Waals surface area contributed by atoms with Gasteiger partial charge in [-0.2, -0.15) is 0 Å². The normalized spacial score (nSPS) is 23.6. The number of nitrogens with one attached hydrogen (secondary N) is 1. The fraction of sp³-hybridized carbons (Fsp3) is 0.417. The van der Waals surface area contributed by atoms with E-state index in [4.69, 9.17) is 10.5 Å². The average Bonchev–Trinajstić information content (AvgIpc) is 2.76. The van der Waals surface area contributed by atoms with Crippen LogP contribution in [0.3, 0.4) is 0 Å². The van der Waals surface area contributed by atoms with Gasteiger partial charge in [0.15, 0.2) is 0 Å². The van der Waals surface area contributed by atoms with Gasteiger partial charge in [0.25, 0.3) is 0 Å². The second kappa shape index (κ2) is 5.53. The lowest BCUT2D eigenvalue weighted by atomic mass is 10.0. The van der Waals surface area contributed by atoms with Crippen LogP contribution in [0.2, 0.25) is 0 Å². The Morgan fingerprint density at radius 2 is 2.24 bits per heavy atom. The van der Waals surface area contributed by atoms with Crippen LogP contribution in [-0.4, -0.2) is 31.4 Å². The maximum Gasteiger partial charge on any atom is 0.231 e. The lowest BCUT2D eigenvalue weighted by Gasteiger charge is -2.15. The molecule has 17 heavy (non-hydrogen) atoms. The van der Waals surface area contributed by atoms with Crippen LogP contribution < -0.4 is 11.1 Å². The van der Waals surface area contributed by atoms with Crippen LogP contribution in [-0.2, 0) is 9.53 Å². The van der Waals surface area contributed by atoms with Crippen LogP contribution in [0.1, 0.15) is 0 Å². The number of thioether (sulfide) groups is 1. The van der Waals surface area contributed by atoms with Crippen molar-refractivity contribution < 1.29 is 9.53 Å². The average molecular weight is 252 g/mol. The van der Waals surface area contributed by atoms with Crippen molar-refractivity contribution in [1.82, 2.24) is 0 Å². The van der Waals surface area contributed by atoms with Gasteiger partial charge in [-0.15, -0.1) is 11.8 Å². The van der Waals surface area contributed by atoms with Gasteiger partial charge in [0.1, 0.15) is 0 Å². The van der Waals surface area contributed by atoms with Gasteiger partial charge in [-0.3, -0.25) is 4.79 Å². The van der Waals surface area contributed by atoms with Crippen LogP contribution in [0.5, 0.6) is 0 Å². The van der Waals surface area contributed by atoms with E-state index < -0.39 is 0 Å². The molecule has 1 saturated heterocycles. The summed E-state index contributed by atoms with van der Waals surface area (Å²) >= 11 is 1.60. The molecule has 1 amide bonds. The second-order valence-electron chi connectivity index (χ2n) is 4.00. The topological polar surface area (TPSA) is 64.3 Å². The molecule has 1 heterocycles. The van der Waals surface area contributed by atoms with Crippen molar-refractivity contribution in [2.75, 3.05) is 24.8 Å². The number of para-hydroxylation sites is 1. The molecular formula is C12H16N2O2S. The molecule has 0 aromatic heterocycles. The van der Waals surface area contributed by atoms with Crippen LogP contribution in [0.25, 0.3) is 0 Å². The predicted octanol–water partition coefficient (Wildman–Crippen LogP) is 1.32. The van der Waals surface area contributed by atoms with Gasteiger partial charge >= 0.3 is 0 Å². The molecule has 1 aromatic carbocycles. The standard InChI is InChI=1S/C12H16N2O2S/c1-17-11-5-3-2-4-10(11)14-12(15)8-6-16-7-9(8)13/h2-5,8-9H,6-7,13H2,1H3,(H,14,15). The van der Waals surface area contributed by atoms with Gasteiger partial charge in [0.2, 0.25) is 5.91 Å². The molecule has 1 aromatic rings. The van der Waals surface area contributed by atoms with E-state index in [0.717, 1.165) is 10.6 Å². The zero-order valence-corrected chi connectivity index (χ0v) is 10.5. The summed E-state index contributed by atoms with van der Waals surface area (Å²) in [5.74, 6) is -0.304. The first-order valence-electron chi connectivity index (χ1n) is 5.49. The number of ether oxygens (including phenoxy) is 1. The monoisotopic (exact) mass is 252 g/mol. The number of rotatable bonds is 3. The van der Waals surface area contributed by atoms with E-state index in [1.807, 2.05) is 30.5 Å². The van der Waals surface area contributed by atoms with E-state index in [9.17, 15) is 4.79 Å². The highest BCUT2D eigenvalue weighted by Crippen LogP contribution is 2.25. The van der Waals surface area contributed by atoms with Crippen molar-refractivity contribution in [1.29, 1.82) is 0 Å². The number of hydrogen-bond donors (Lipinski definition) is 2. The molecule has 92 valence electrons. The summed E-state index contributed by atoms with van der Waals surface area (Å²) in [5.41, 5.74) is 6.65. The van der Waals surface area contributed by atoms with E-state index in [0.29, 0.717) is 13.2 Å². The zero-order chi connectivity index (χ0) is 12.3. The third-order valence-corrected chi connectivity index (χ3v) is 3.62. The van der Waals surface area contributed by atoms with Gasteiger partial charge in [0.05, 0.1) is 24.8 Å². The third kappa shape index (κ3) is 2.80. The fourth-order valence-electron chi connectivity index (χ4n) is 1.81. The first-order valence-corrected chi connectivity index (χ1v) is 6.72. The molecule has 2 unspecified atom stereocenters. The minimum absolute atomic E-state index is 0.0588. The maximum atomic E-state index is 12.0. The van der Waals surface area contributed by atoms with Gasteiger partial charge in [0, 0.05) is 10.9 Å². The SMILES string of the molecule is CSc1ccccc1NC(=O)C1COCC1N. The number of anilines is 1. The summed E-state index contributed by atoms with van der Waals surface area (Å²) < 4.78 is 5.19. The Balaban J connectivity index is 2.07. The molecule has 0 spiro atoms. The van der Waals surface area contributed by atoms with Gasteiger partial charge in [-0.25, -0.2) is 0 Å². The van der Waals surface area contributed by atoms with Crippen LogP contribution in [0, 0.1) is 5.92 Å². The molecule has 2 rings (SSSR count). The van der Waals surface area contributed by atoms with Crippen LogP contribution >= 0.6 is 11.8 Å². The van der Waals surface area contributed by atoms with Gasteiger partial charge in [-0.1, -0.05) is 12.1 Å². The molecule has 0 saturated carbocycles.